The van der Waals surface area contributed by atoms with E-state index in [2.05, 4.69) is 10.4 Å². The second-order valence-electron chi connectivity index (χ2n) is 4.59. The van der Waals surface area contributed by atoms with Gasteiger partial charge in [0, 0.05) is 20.8 Å². The van der Waals surface area contributed by atoms with Crippen molar-refractivity contribution in [3.63, 3.8) is 0 Å². The van der Waals surface area contributed by atoms with Gasteiger partial charge in [-0.15, -0.1) is 0 Å². The Morgan fingerprint density at radius 2 is 2.37 bits per heavy atom. The predicted octanol–water partition coefficient (Wildman–Crippen LogP) is 0.916. The van der Waals surface area contributed by atoms with E-state index >= 15 is 0 Å². The van der Waals surface area contributed by atoms with Crippen molar-refractivity contribution in [3.05, 3.63) is 16.4 Å². The van der Waals surface area contributed by atoms with Gasteiger partial charge in [-0.2, -0.15) is 5.10 Å². The fraction of sp³-hybridized carbons (Fsp3) is 0.667. The first-order valence-electron chi connectivity index (χ1n) is 6.15. The van der Waals surface area contributed by atoms with Crippen molar-refractivity contribution in [2.45, 2.75) is 25.5 Å². The fourth-order valence-corrected chi connectivity index (χ4v) is 2.47. The third-order valence-electron chi connectivity index (χ3n) is 3.29. The van der Waals surface area contributed by atoms with Crippen molar-refractivity contribution in [3.8, 4) is 0 Å². The number of ether oxygens (including phenoxy) is 2. The Balaban J connectivity index is 2.12. The Bertz CT molecular complexity index is 475. The molecule has 19 heavy (non-hydrogen) atoms. The van der Waals surface area contributed by atoms with E-state index < -0.39 is 0 Å². The highest BCUT2D eigenvalue weighted by molar-refractivity contribution is 6.34. The molecule has 2 heterocycles. The first-order valence-corrected chi connectivity index (χ1v) is 6.53. The topological polar surface area (TPSA) is 65.4 Å². The fourth-order valence-electron chi connectivity index (χ4n) is 2.22. The van der Waals surface area contributed by atoms with Crippen molar-refractivity contribution in [2.24, 2.45) is 7.05 Å². The number of nitrogens with zero attached hydrogens (tertiary/aromatic N) is 2. The number of methoxy groups -OCH3 is 1. The van der Waals surface area contributed by atoms with Crippen LogP contribution in [0.2, 0.25) is 5.02 Å². The number of aromatic nitrogens is 2. The van der Waals surface area contributed by atoms with Crippen LogP contribution in [0.1, 0.15) is 22.6 Å². The molecule has 106 valence electrons. The Labute approximate surface area is 117 Å². The highest BCUT2D eigenvalue weighted by atomic mass is 35.5. The van der Waals surface area contributed by atoms with Crippen LogP contribution in [0.3, 0.4) is 0 Å². The predicted molar refractivity (Wildman–Crippen MR) is 70.4 cm³/mol. The Kier molecular flexibility index (Phi) is 4.44. The molecule has 7 heteroatoms. The molecule has 1 aromatic rings. The molecular weight excluding hydrogens is 270 g/mol. The largest absolute Gasteiger partial charge is 0.379 e. The number of nitrogens with one attached hydrogen (secondary N) is 1. The number of hydrogen-bond acceptors (Lipinski definition) is 4. The molecule has 0 aliphatic carbocycles. The lowest BCUT2D eigenvalue weighted by Crippen LogP contribution is -2.49. The second kappa shape index (κ2) is 5.90. The van der Waals surface area contributed by atoms with E-state index in [0.717, 1.165) is 6.42 Å². The number of aryl methyl sites for hydroxylation is 2. The lowest BCUT2D eigenvalue weighted by Gasteiger charge is -2.30. The molecule has 0 bridgehead atoms. The Morgan fingerprint density at radius 1 is 1.63 bits per heavy atom. The number of hydrogen-bond donors (Lipinski definition) is 1. The average Bonchev–Trinajstić information content (AvgIpc) is 2.64. The quantitative estimate of drug-likeness (QED) is 0.898. The molecule has 1 aromatic heterocycles. The summed E-state index contributed by atoms with van der Waals surface area (Å²) in [6.07, 6.45) is 0.587. The van der Waals surface area contributed by atoms with Crippen LogP contribution in [0.15, 0.2) is 0 Å². The van der Waals surface area contributed by atoms with Gasteiger partial charge in [0.2, 0.25) is 0 Å². The van der Waals surface area contributed by atoms with E-state index in [1.165, 1.54) is 4.68 Å². The monoisotopic (exact) mass is 287 g/mol. The van der Waals surface area contributed by atoms with Crippen LogP contribution >= 0.6 is 11.6 Å². The molecule has 6 nitrogen and oxygen atoms in total. The zero-order valence-electron chi connectivity index (χ0n) is 11.3. The zero-order valence-corrected chi connectivity index (χ0v) is 12.0. The Morgan fingerprint density at radius 3 is 2.95 bits per heavy atom. The average molecular weight is 288 g/mol. The van der Waals surface area contributed by atoms with E-state index in [1.54, 1.807) is 21.1 Å². The molecule has 0 radical (unpaired) electrons. The lowest BCUT2D eigenvalue weighted by atomic mass is 10.1. The van der Waals surface area contributed by atoms with Gasteiger partial charge in [-0.05, 0) is 13.3 Å². The van der Waals surface area contributed by atoms with Crippen molar-refractivity contribution < 1.29 is 14.3 Å². The number of halogens is 1. The smallest absolute Gasteiger partial charge is 0.271 e. The summed E-state index contributed by atoms with van der Waals surface area (Å²) >= 11 is 6.10. The molecule has 1 aliphatic rings. The highest BCUT2D eigenvalue weighted by Gasteiger charge is 2.29. The molecule has 0 saturated carbocycles. The zero-order chi connectivity index (χ0) is 14.0. The molecule has 1 N–H and O–H groups in total. The number of carbonyl (C=O) groups excluding carboxylic acids is 1. The van der Waals surface area contributed by atoms with E-state index in [9.17, 15) is 4.79 Å². The number of amides is 1. The molecule has 1 amide bonds. The van der Waals surface area contributed by atoms with Crippen molar-refractivity contribution in [2.75, 3.05) is 20.3 Å². The molecule has 0 unspecified atom stereocenters. The van der Waals surface area contributed by atoms with Gasteiger partial charge in [0.25, 0.3) is 5.91 Å². The summed E-state index contributed by atoms with van der Waals surface area (Å²) in [5, 5.41) is 7.46. The van der Waals surface area contributed by atoms with Crippen molar-refractivity contribution in [1.29, 1.82) is 0 Å². The molecular formula is C12H18ClN3O3. The summed E-state index contributed by atoms with van der Waals surface area (Å²) in [5.41, 5.74) is 1.02. The van der Waals surface area contributed by atoms with Gasteiger partial charge in [0.15, 0.2) is 0 Å². The van der Waals surface area contributed by atoms with Crippen LogP contribution in [0, 0.1) is 6.92 Å². The summed E-state index contributed by atoms with van der Waals surface area (Å²) in [6, 6.07) is -0.0717. The standard InChI is InChI=1S/C12H18ClN3O3/c1-7-10(13)11(16(2)15-7)12(17)14-8-4-5-19-6-9(8)18-3/h8-9H,4-6H2,1-3H3,(H,14,17)/t8-,9-/m1/s1. The van der Waals surface area contributed by atoms with Crippen LogP contribution in [0.25, 0.3) is 0 Å². The van der Waals surface area contributed by atoms with Crippen molar-refractivity contribution >= 4 is 17.5 Å². The van der Waals surface area contributed by atoms with E-state index in [0.29, 0.717) is 29.6 Å². The summed E-state index contributed by atoms with van der Waals surface area (Å²) in [4.78, 5) is 12.3. The Hall–Kier alpha value is -1.11. The van der Waals surface area contributed by atoms with E-state index in [-0.39, 0.29) is 18.1 Å². The van der Waals surface area contributed by atoms with E-state index in [1.807, 2.05) is 0 Å². The van der Waals surface area contributed by atoms with Crippen LogP contribution in [0.4, 0.5) is 0 Å². The SMILES string of the molecule is CO[C@@H]1COCC[C@H]1NC(=O)c1c(Cl)c(C)nn1C. The molecule has 1 aliphatic heterocycles. The van der Waals surface area contributed by atoms with Gasteiger partial charge in [-0.1, -0.05) is 11.6 Å². The van der Waals surface area contributed by atoms with Gasteiger partial charge in [-0.25, -0.2) is 0 Å². The maximum absolute atomic E-state index is 12.3. The third-order valence-corrected chi connectivity index (χ3v) is 3.74. The highest BCUT2D eigenvalue weighted by Crippen LogP contribution is 2.20. The van der Waals surface area contributed by atoms with Crippen LogP contribution in [0.5, 0.6) is 0 Å². The first kappa shape index (κ1) is 14.3. The van der Waals surface area contributed by atoms with Crippen LogP contribution in [-0.4, -0.2) is 48.2 Å². The summed E-state index contributed by atoms with van der Waals surface area (Å²) in [5.74, 6) is -0.234. The minimum atomic E-state index is -0.234. The molecule has 2 rings (SSSR count). The maximum atomic E-state index is 12.3. The van der Waals surface area contributed by atoms with E-state index in [4.69, 9.17) is 21.1 Å². The molecule has 1 fully saturated rings. The molecule has 0 aromatic carbocycles. The maximum Gasteiger partial charge on any atom is 0.271 e. The lowest BCUT2D eigenvalue weighted by molar-refractivity contribution is -0.0479. The molecule has 0 spiro atoms. The van der Waals surface area contributed by atoms with Gasteiger partial charge in [0.05, 0.1) is 23.4 Å². The number of rotatable bonds is 3. The van der Waals surface area contributed by atoms with Gasteiger partial charge in [0.1, 0.15) is 11.8 Å². The van der Waals surface area contributed by atoms with Crippen LogP contribution < -0.4 is 5.32 Å². The van der Waals surface area contributed by atoms with Gasteiger partial charge in [-0.3, -0.25) is 9.48 Å². The summed E-state index contributed by atoms with van der Waals surface area (Å²) in [6.45, 7) is 2.87. The van der Waals surface area contributed by atoms with Crippen molar-refractivity contribution in [1.82, 2.24) is 15.1 Å². The van der Waals surface area contributed by atoms with Crippen LogP contribution in [-0.2, 0) is 16.5 Å². The minimum absolute atomic E-state index is 0.0717. The van der Waals surface area contributed by atoms with Gasteiger partial charge < -0.3 is 14.8 Å². The molecule has 2 atom stereocenters. The van der Waals surface area contributed by atoms with Gasteiger partial charge >= 0.3 is 0 Å². The minimum Gasteiger partial charge on any atom is -0.379 e. The normalized spacial score (nSPS) is 23.4. The summed E-state index contributed by atoms with van der Waals surface area (Å²) in [7, 11) is 3.31. The number of carbonyl (C=O) groups is 1. The third kappa shape index (κ3) is 2.91. The first-order chi connectivity index (χ1) is 9.04. The summed E-state index contributed by atoms with van der Waals surface area (Å²) < 4.78 is 12.1. The second-order valence-corrected chi connectivity index (χ2v) is 4.97. The molecule has 1 saturated heterocycles.